The van der Waals surface area contributed by atoms with Gasteiger partial charge in [-0.3, -0.25) is 9.59 Å². The van der Waals surface area contributed by atoms with E-state index in [0.29, 0.717) is 0 Å². The Bertz CT molecular complexity index is 605. The highest BCUT2D eigenvalue weighted by atomic mass is 19.1. The lowest BCUT2D eigenvalue weighted by molar-refractivity contribution is -0.147. The normalized spacial score (nSPS) is 21.4. The third kappa shape index (κ3) is 2.55. The van der Waals surface area contributed by atoms with E-state index in [1.807, 2.05) is 0 Å². The van der Waals surface area contributed by atoms with E-state index in [1.165, 1.54) is 11.8 Å². The third-order valence-corrected chi connectivity index (χ3v) is 3.75. The second-order valence-electron chi connectivity index (χ2n) is 5.28. The highest BCUT2D eigenvalue weighted by molar-refractivity contribution is 5.98. The molecule has 1 saturated heterocycles. The van der Waals surface area contributed by atoms with Gasteiger partial charge in [0.05, 0.1) is 12.5 Å². The van der Waals surface area contributed by atoms with Crippen LogP contribution in [-0.4, -0.2) is 42.1 Å². The summed E-state index contributed by atoms with van der Waals surface area (Å²) in [5, 5.41) is 9.15. The molecule has 1 aromatic rings. The van der Waals surface area contributed by atoms with E-state index in [0.717, 1.165) is 19.2 Å². The first kappa shape index (κ1) is 15.2. The van der Waals surface area contributed by atoms with Crippen LogP contribution in [0.3, 0.4) is 0 Å². The van der Waals surface area contributed by atoms with E-state index in [4.69, 9.17) is 9.84 Å². The summed E-state index contributed by atoms with van der Waals surface area (Å²) in [6.45, 7) is 1.63. The van der Waals surface area contributed by atoms with Crippen molar-refractivity contribution in [1.29, 1.82) is 0 Å². The molecule has 1 fully saturated rings. The van der Waals surface area contributed by atoms with Gasteiger partial charge in [-0.1, -0.05) is 0 Å². The molecule has 21 heavy (non-hydrogen) atoms. The number of methoxy groups -OCH3 is 1. The third-order valence-electron chi connectivity index (χ3n) is 3.75. The number of hydrogen-bond donors (Lipinski definition) is 1. The van der Waals surface area contributed by atoms with Crippen LogP contribution in [-0.2, 0) is 4.79 Å². The number of hydrogen-bond acceptors (Lipinski definition) is 3. The number of halogens is 2. The zero-order chi connectivity index (χ0) is 15.8. The lowest BCUT2D eigenvalue weighted by Gasteiger charge is -2.21. The van der Waals surface area contributed by atoms with Crippen molar-refractivity contribution in [1.82, 2.24) is 4.90 Å². The van der Waals surface area contributed by atoms with Gasteiger partial charge in [-0.25, -0.2) is 8.78 Å². The van der Waals surface area contributed by atoms with Gasteiger partial charge in [0.1, 0.15) is 11.4 Å². The molecule has 1 aliphatic heterocycles. The van der Waals surface area contributed by atoms with Gasteiger partial charge >= 0.3 is 5.97 Å². The Hall–Kier alpha value is -2.18. The molecule has 1 amide bonds. The minimum Gasteiger partial charge on any atom is -0.493 e. The molecule has 0 aliphatic carbocycles. The van der Waals surface area contributed by atoms with Crippen LogP contribution in [0.4, 0.5) is 8.78 Å². The molecular formula is C14H15F2NO4. The molecule has 0 aromatic heterocycles. The van der Waals surface area contributed by atoms with E-state index in [2.05, 4.69) is 0 Å². The molecule has 1 aliphatic rings. The molecule has 1 aromatic carbocycles. The summed E-state index contributed by atoms with van der Waals surface area (Å²) in [5.41, 5.74) is -1.58. The molecule has 0 bridgehead atoms. The van der Waals surface area contributed by atoms with E-state index in [-0.39, 0.29) is 19.5 Å². The molecule has 0 radical (unpaired) electrons. The fourth-order valence-electron chi connectivity index (χ4n) is 2.40. The van der Waals surface area contributed by atoms with Crippen LogP contribution < -0.4 is 4.74 Å². The molecule has 7 heteroatoms. The standard InChI is InChI=1S/C14H15F2NO4/c1-14(13(19)20)5-6-17(7-14)12(18)10-8(15)3-4-9(16)11(10)21-2/h3-4H,5-7H2,1-2H3,(H,19,20). The predicted molar refractivity (Wildman–Crippen MR) is 69.2 cm³/mol. The number of rotatable bonds is 3. The Morgan fingerprint density at radius 1 is 1.33 bits per heavy atom. The Kier molecular flexibility index (Phi) is 3.85. The summed E-state index contributed by atoms with van der Waals surface area (Å²) in [7, 11) is 1.14. The van der Waals surface area contributed by atoms with Crippen molar-refractivity contribution in [2.45, 2.75) is 13.3 Å². The van der Waals surface area contributed by atoms with Crippen LogP contribution in [0.15, 0.2) is 12.1 Å². The van der Waals surface area contributed by atoms with Crippen LogP contribution in [0.5, 0.6) is 5.75 Å². The summed E-state index contributed by atoms with van der Waals surface area (Å²) in [6, 6.07) is 1.72. The number of carboxylic acids is 1. The Labute approximate surface area is 120 Å². The van der Waals surface area contributed by atoms with Crippen molar-refractivity contribution in [2.75, 3.05) is 20.2 Å². The van der Waals surface area contributed by atoms with Crippen molar-refractivity contribution in [3.63, 3.8) is 0 Å². The second kappa shape index (κ2) is 5.31. The first-order valence-corrected chi connectivity index (χ1v) is 6.35. The predicted octanol–water partition coefficient (Wildman–Crippen LogP) is 1.91. The van der Waals surface area contributed by atoms with Gasteiger partial charge in [0.25, 0.3) is 5.91 Å². The summed E-state index contributed by atoms with van der Waals surface area (Å²) in [5.74, 6) is -4.01. The Morgan fingerprint density at radius 3 is 2.48 bits per heavy atom. The van der Waals surface area contributed by atoms with Crippen LogP contribution in [0.2, 0.25) is 0 Å². The average Bonchev–Trinajstić information content (AvgIpc) is 2.84. The smallest absolute Gasteiger partial charge is 0.311 e. The van der Waals surface area contributed by atoms with Gasteiger partial charge in [-0.05, 0) is 25.5 Å². The van der Waals surface area contributed by atoms with E-state index in [1.54, 1.807) is 0 Å². The number of likely N-dealkylation sites (tertiary alicyclic amines) is 1. The molecule has 1 atom stereocenters. The Morgan fingerprint density at radius 2 is 1.95 bits per heavy atom. The van der Waals surface area contributed by atoms with Crippen molar-refractivity contribution >= 4 is 11.9 Å². The summed E-state index contributed by atoms with van der Waals surface area (Å²) < 4.78 is 32.2. The van der Waals surface area contributed by atoms with E-state index in [9.17, 15) is 18.4 Å². The molecule has 1 N–H and O–H groups in total. The fourth-order valence-corrected chi connectivity index (χ4v) is 2.40. The van der Waals surface area contributed by atoms with E-state index >= 15 is 0 Å². The molecule has 114 valence electrons. The quantitative estimate of drug-likeness (QED) is 0.926. The molecule has 1 heterocycles. The first-order chi connectivity index (χ1) is 9.80. The monoisotopic (exact) mass is 299 g/mol. The van der Waals surface area contributed by atoms with Gasteiger partial charge < -0.3 is 14.7 Å². The van der Waals surface area contributed by atoms with Crippen LogP contribution in [0, 0.1) is 17.0 Å². The first-order valence-electron chi connectivity index (χ1n) is 6.35. The second-order valence-corrected chi connectivity index (χ2v) is 5.28. The fraction of sp³-hybridized carbons (Fsp3) is 0.429. The number of carbonyl (C=O) groups is 2. The lowest BCUT2D eigenvalue weighted by Crippen LogP contribution is -2.35. The largest absolute Gasteiger partial charge is 0.493 e. The zero-order valence-corrected chi connectivity index (χ0v) is 11.7. The number of carboxylic acid groups (broad SMARTS) is 1. The van der Waals surface area contributed by atoms with Crippen molar-refractivity contribution in [3.8, 4) is 5.75 Å². The maximum absolute atomic E-state index is 13.9. The van der Waals surface area contributed by atoms with Gasteiger partial charge in [0, 0.05) is 13.1 Å². The number of benzene rings is 1. The van der Waals surface area contributed by atoms with Gasteiger partial charge in [0.15, 0.2) is 11.6 Å². The number of nitrogens with zero attached hydrogens (tertiary/aromatic N) is 1. The van der Waals surface area contributed by atoms with Crippen molar-refractivity contribution in [3.05, 3.63) is 29.3 Å². The Balaban J connectivity index is 2.35. The highest BCUT2D eigenvalue weighted by Gasteiger charge is 2.43. The summed E-state index contributed by atoms with van der Waals surface area (Å²) in [6.07, 6.45) is 0.257. The van der Waals surface area contributed by atoms with Crippen LogP contribution in [0.1, 0.15) is 23.7 Å². The molecule has 0 spiro atoms. The van der Waals surface area contributed by atoms with Gasteiger partial charge in [-0.2, -0.15) is 0 Å². The maximum Gasteiger partial charge on any atom is 0.311 e. The van der Waals surface area contributed by atoms with Crippen LogP contribution >= 0.6 is 0 Å². The minimum absolute atomic E-state index is 0.0553. The molecule has 2 rings (SSSR count). The van der Waals surface area contributed by atoms with Crippen molar-refractivity contribution in [2.24, 2.45) is 5.41 Å². The molecule has 1 unspecified atom stereocenters. The molecule has 0 saturated carbocycles. The maximum atomic E-state index is 13.9. The number of carbonyl (C=O) groups excluding carboxylic acids is 1. The number of amides is 1. The van der Waals surface area contributed by atoms with Crippen molar-refractivity contribution < 1.29 is 28.2 Å². The summed E-state index contributed by atoms with van der Waals surface area (Å²) in [4.78, 5) is 24.7. The topological polar surface area (TPSA) is 66.8 Å². The zero-order valence-electron chi connectivity index (χ0n) is 11.7. The van der Waals surface area contributed by atoms with Gasteiger partial charge in [-0.15, -0.1) is 0 Å². The lowest BCUT2D eigenvalue weighted by atomic mass is 9.90. The minimum atomic E-state index is -1.08. The number of ether oxygens (including phenoxy) is 1. The van der Waals surface area contributed by atoms with Gasteiger partial charge in [0.2, 0.25) is 0 Å². The highest BCUT2D eigenvalue weighted by Crippen LogP contribution is 2.33. The number of aliphatic carboxylic acids is 1. The van der Waals surface area contributed by atoms with E-state index < -0.39 is 40.2 Å². The molecular weight excluding hydrogens is 284 g/mol. The summed E-state index contributed by atoms with van der Waals surface area (Å²) >= 11 is 0. The average molecular weight is 299 g/mol. The van der Waals surface area contributed by atoms with Crippen LogP contribution in [0.25, 0.3) is 0 Å². The SMILES string of the molecule is COc1c(F)ccc(F)c1C(=O)N1CCC(C)(C(=O)O)C1. The molecule has 5 nitrogen and oxygen atoms in total.